The minimum atomic E-state index is -4.03. The van der Waals surface area contributed by atoms with Gasteiger partial charge in [-0.05, 0) is 30.7 Å². The number of carbonyl (C=O) groups is 1. The van der Waals surface area contributed by atoms with Crippen molar-refractivity contribution in [3.8, 4) is 11.5 Å². The summed E-state index contributed by atoms with van der Waals surface area (Å²) < 4.78 is 40.7. The number of rotatable bonds is 4. The highest BCUT2D eigenvalue weighted by Gasteiger charge is 2.31. The summed E-state index contributed by atoms with van der Waals surface area (Å²) in [5.74, 6) is -0.539. The monoisotopic (exact) mass is 348 g/mol. The topological polar surface area (TPSA) is 78.9 Å². The summed E-state index contributed by atoms with van der Waals surface area (Å²) in [5, 5.41) is 0. The second-order valence-corrected chi connectivity index (χ2v) is 6.89. The van der Waals surface area contributed by atoms with E-state index in [9.17, 15) is 13.2 Å². The van der Waals surface area contributed by atoms with Gasteiger partial charge in [-0.3, -0.25) is 4.79 Å². The minimum Gasteiger partial charge on any atom is -0.493 e. The van der Waals surface area contributed by atoms with Gasteiger partial charge >= 0.3 is 16.1 Å². The third-order valence-corrected chi connectivity index (χ3v) is 5.12. The van der Waals surface area contributed by atoms with Crippen LogP contribution in [0.25, 0.3) is 0 Å². The molecule has 24 heavy (non-hydrogen) atoms. The lowest BCUT2D eigenvalue weighted by atomic mass is 9.93. The van der Waals surface area contributed by atoms with Gasteiger partial charge in [-0.1, -0.05) is 24.3 Å². The zero-order chi connectivity index (χ0) is 17.3. The average Bonchev–Trinajstić information content (AvgIpc) is 2.59. The maximum atomic E-state index is 12.5. The molecule has 0 saturated carbocycles. The van der Waals surface area contributed by atoms with E-state index in [1.54, 1.807) is 37.3 Å². The molecule has 0 spiro atoms. The Kier molecular flexibility index (Phi) is 4.19. The number of ether oxygens (including phenoxy) is 2. The van der Waals surface area contributed by atoms with Crippen molar-refractivity contribution < 1.29 is 26.9 Å². The fourth-order valence-corrected chi connectivity index (χ4v) is 3.56. The molecule has 1 heterocycles. The van der Waals surface area contributed by atoms with Crippen LogP contribution in [0, 0.1) is 0 Å². The van der Waals surface area contributed by atoms with E-state index < -0.39 is 16.0 Å². The van der Waals surface area contributed by atoms with Gasteiger partial charge < -0.3 is 13.7 Å². The van der Waals surface area contributed by atoms with Crippen LogP contribution < -0.4 is 8.92 Å². The van der Waals surface area contributed by atoms with Crippen LogP contribution in [-0.2, 0) is 26.3 Å². The van der Waals surface area contributed by atoms with Gasteiger partial charge in [0.25, 0.3) is 0 Å². The van der Waals surface area contributed by atoms with E-state index >= 15 is 0 Å². The van der Waals surface area contributed by atoms with Crippen LogP contribution in [0.15, 0.2) is 47.4 Å². The Balaban J connectivity index is 2.09. The molecule has 0 saturated heterocycles. The molecule has 2 aromatic rings. The maximum absolute atomic E-state index is 12.5. The lowest BCUT2D eigenvalue weighted by Gasteiger charge is -2.24. The zero-order valence-electron chi connectivity index (χ0n) is 13.2. The van der Waals surface area contributed by atoms with Crippen molar-refractivity contribution in [3.05, 3.63) is 53.6 Å². The first kappa shape index (κ1) is 16.3. The summed E-state index contributed by atoms with van der Waals surface area (Å²) in [6.07, 6.45) is 0. The number of fused-ring (bicyclic) bond motifs is 1. The van der Waals surface area contributed by atoms with E-state index in [0.29, 0.717) is 11.1 Å². The molecular formula is C17H16O6S. The van der Waals surface area contributed by atoms with Gasteiger partial charge in [0, 0.05) is 5.56 Å². The second kappa shape index (κ2) is 6.16. The van der Waals surface area contributed by atoms with Crippen LogP contribution in [-0.4, -0.2) is 21.5 Å². The quantitative estimate of drug-likeness (QED) is 0.624. The molecule has 1 unspecified atom stereocenters. The van der Waals surface area contributed by atoms with E-state index in [-0.39, 0.29) is 29.0 Å². The van der Waals surface area contributed by atoms with Crippen molar-refractivity contribution in [3.63, 3.8) is 0 Å². The van der Waals surface area contributed by atoms with Crippen molar-refractivity contribution in [2.24, 2.45) is 0 Å². The average molecular weight is 348 g/mol. The number of cyclic esters (lactones) is 1. The van der Waals surface area contributed by atoms with Gasteiger partial charge in [-0.25, -0.2) is 0 Å². The van der Waals surface area contributed by atoms with Gasteiger partial charge in [0.15, 0.2) is 11.5 Å². The maximum Gasteiger partial charge on any atom is 0.339 e. The van der Waals surface area contributed by atoms with Crippen LogP contribution in [0.5, 0.6) is 11.5 Å². The Morgan fingerprint density at radius 2 is 1.83 bits per heavy atom. The summed E-state index contributed by atoms with van der Waals surface area (Å²) in [6, 6.07) is 11.1. The number of benzene rings is 2. The molecule has 2 aromatic carbocycles. The first-order chi connectivity index (χ1) is 11.4. The first-order valence-corrected chi connectivity index (χ1v) is 8.71. The van der Waals surface area contributed by atoms with Crippen LogP contribution in [0.1, 0.15) is 24.0 Å². The Morgan fingerprint density at radius 3 is 2.50 bits per heavy atom. The minimum absolute atomic E-state index is 0.0329. The van der Waals surface area contributed by atoms with E-state index in [4.69, 9.17) is 13.7 Å². The van der Waals surface area contributed by atoms with Gasteiger partial charge in [-0.2, -0.15) is 8.42 Å². The molecule has 0 aliphatic carbocycles. The number of hydrogen-bond acceptors (Lipinski definition) is 6. The highest BCUT2D eigenvalue weighted by molar-refractivity contribution is 7.87. The predicted octanol–water partition coefficient (Wildman–Crippen LogP) is 2.62. The van der Waals surface area contributed by atoms with Gasteiger partial charge in [-0.15, -0.1) is 0 Å². The summed E-state index contributed by atoms with van der Waals surface area (Å²) in [7, 11) is -2.61. The molecule has 1 aliphatic rings. The Hall–Kier alpha value is -2.54. The third-order valence-electron chi connectivity index (χ3n) is 3.88. The van der Waals surface area contributed by atoms with Gasteiger partial charge in [0.1, 0.15) is 11.5 Å². The number of methoxy groups -OCH3 is 1. The largest absolute Gasteiger partial charge is 0.493 e. The standard InChI is InChI=1S/C17H16O6S/c1-11-13-8-9-15(21-2)16(14(13)10-22-17(11)18)23-24(19,20)12-6-4-3-5-7-12/h3-9,11H,10H2,1-2H3. The number of esters is 1. The van der Waals surface area contributed by atoms with Crippen molar-refractivity contribution >= 4 is 16.1 Å². The van der Waals surface area contributed by atoms with Gasteiger partial charge in [0.2, 0.25) is 0 Å². The predicted molar refractivity (Wildman–Crippen MR) is 85.5 cm³/mol. The SMILES string of the molecule is COc1ccc2c(c1OS(=O)(=O)c1ccccc1)COC(=O)C2C. The molecule has 0 amide bonds. The van der Waals surface area contributed by atoms with Crippen molar-refractivity contribution in [1.29, 1.82) is 0 Å². The number of carbonyl (C=O) groups excluding carboxylic acids is 1. The Labute approximate surface area is 140 Å². The summed E-state index contributed by atoms with van der Waals surface area (Å²) in [6.45, 7) is 1.64. The molecule has 0 N–H and O–H groups in total. The fourth-order valence-electron chi connectivity index (χ4n) is 2.57. The van der Waals surface area contributed by atoms with Crippen LogP contribution in [0.3, 0.4) is 0 Å². The number of hydrogen-bond donors (Lipinski definition) is 0. The normalized spacial score (nSPS) is 16.9. The van der Waals surface area contributed by atoms with Gasteiger partial charge in [0.05, 0.1) is 13.0 Å². The summed E-state index contributed by atoms with van der Waals surface area (Å²) >= 11 is 0. The van der Waals surface area contributed by atoms with Crippen molar-refractivity contribution in [2.75, 3.05) is 7.11 Å². The second-order valence-electron chi connectivity index (χ2n) is 5.34. The van der Waals surface area contributed by atoms with Crippen LogP contribution in [0.2, 0.25) is 0 Å². The smallest absolute Gasteiger partial charge is 0.339 e. The molecule has 0 bridgehead atoms. The molecule has 3 rings (SSSR count). The Morgan fingerprint density at radius 1 is 1.12 bits per heavy atom. The highest BCUT2D eigenvalue weighted by atomic mass is 32.2. The van der Waals surface area contributed by atoms with E-state index in [1.807, 2.05) is 0 Å². The lowest BCUT2D eigenvalue weighted by molar-refractivity contribution is -0.147. The molecule has 0 aromatic heterocycles. The Bertz CT molecular complexity index is 873. The third kappa shape index (κ3) is 2.82. The molecule has 0 fully saturated rings. The molecule has 0 radical (unpaired) electrons. The summed E-state index contributed by atoms with van der Waals surface area (Å²) in [5.41, 5.74) is 1.17. The molecule has 7 heteroatoms. The summed E-state index contributed by atoms with van der Waals surface area (Å²) in [4.78, 5) is 11.7. The molecule has 1 aliphatic heterocycles. The molecule has 126 valence electrons. The van der Waals surface area contributed by atoms with E-state index in [1.165, 1.54) is 19.2 Å². The lowest BCUT2D eigenvalue weighted by Crippen LogP contribution is -2.22. The van der Waals surface area contributed by atoms with Crippen LogP contribution in [0.4, 0.5) is 0 Å². The van der Waals surface area contributed by atoms with Crippen LogP contribution >= 0.6 is 0 Å². The van der Waals surface area contributed by atoms with Crippen molar-refractivity contribution in [2.45, 2.75) is 24.3 Å². The van der Waals surface area contributed by atoms with Crippen molar-refractivity contribution in [1.82, 2.24) is 0 Å². The highest BCUT2D eigenvalue weighted by Crippen LogP contribution is 2.41. The molecule has 1 atom stereocenters. The van der Waals surface area contributed by atoms with E-state index in [0.717, 1.165) is 0 Å². The molecular weight excluding hydrogens is 332 g/mol. The zero-order valence-corrected chi connectivity index (χ0v) is 14.0. The molecule has 6 nitrogen and oxygen atoms in total. The van der Waals surface area contributed by atoms with E-state index in [2.05, 4.69) is 0 Å². The fraction of sp³-hybridized carbons (Fsp3) is 0.235. The first-order valence-electron chi connectivity index (χ1n) is 7.30.